The Morgan fingerprint density at radius 2 is 2.40 bits per heavy atom. The maximum absolute atomic E-state index is 11.8. The highest BCUT2D eigenvalue weighted by molar-refractivity contribution is 5.72. The van der Waals surface area contributed by atoms with Crippen molar-refractivity contribution in [1.29, 1.82) is 0 Å². The van der Waals surface area contributed by atoms with Crippen LogP contribution in [0.2, 0.25) is 0 Å². The summed E-state index contributed by atoms with van der Waals surface area (Å²) in [4.78, 5) is 19.5. The summed E-state index contributed by atoms with van der Waals surface area (Å²) in [7, 11) is 1.65. The van der Waals surface area contributed by atoms with Gasteiger partial charge in [0.25, 0.3) is 5.56 Å². The Morgan fingerprint density at radius 1 is 1.65 bits per heavy atom. The molecule has 2 heterocycles. The van der Waals surface area contributed by atoms with E-state index in [0.717, 1.165) is 0 Å². The number of fused-ring (bicyclic) bond motifs is 1. The first-order valence-corrected chi connectivity index (χ1v) is 6.11. The lowest BCUT2D eigenvalue weighted by atomic mass is 10.4. The molecule has 2 rings (SSSR count). The van der Waals surface area contributed by atoms with E-state index in [1.807, 2.05) is 0 Å². The van der Waals surface area contributed by atoms with Crippen molar-refractivity contribution < 1.29 is 14.9 Å². The van der Waals surface area contributed by atoms with E-state index in [1.165, 1.54) is 4.90 Å². The van der Waals surface area contributed by atoms with Crippen LogP contribution in [0.1, 0.15) is 6.42 Å². The lowest BCUT2D eigenvalue weighted by Gasteiger charge is -2.29. The number of ether oxygens (including phenoxy) is 1. The van der Waals surface area contributed by atoms with Gasteiger partial charge in [-0.1, -0.05) is 0 Å². The molecular weight excluding hydrogens is 268 g/mol. The molecule has 0 bridgehead atoms. The first kappa shape index (κ1) is 14.5. The molecule has 20 heavy (non-hydrogen) atoms. The van der Waals surface area contributed by atoms with Crippen molar-refractivity contribution in [3.05, 3.63) is 10.4 Å². The molecule has 0 aliphatic carbocycles. The molecule has 1 aromatic heterocycles. The van der Waals surface area contributed by atoms with Gasteiger partial charge in [-0.3, -0.25) is 20.0 Å². The van der Waals surface area contributed by atoms with Crippen LogP contribution < -0.4 is 26.8 Å². The predicted octanol–water partition coefficient (Wildman–Crippen LogP) is -2.24. The van der Waals surface area contributed by atoms with Crippen LogP contribution >= 0.6 is 0 Å². The molecule has 1 aliphatic rings. The third-order valence-electron chi connectivity index (χ3n) is 2.80. The fourth-order valence-electron chi connectivity index (χ4n) is 1.90. The Hall–Kier alpha value is -1.88. The first-order chi connectivity index (χ1) is 9.58. The number of aromatic nitrogens is 2. The third-order valence-corrected chi connectivity index (χ3v) is 2.80. The summed E-state index contributed by atoms with van der Waals surface area (Å²) in [5.41, 5.74) is 5.27. The van der Waals surface area contributed by atoms with E-state index in [9.17, 15) is 9.90 Å². The summed E-state index contributed by atoms with van der Waals surface area (Å²) in [5, 5.41) is 24.5. The Labute approximate surface area is 114 Å². The first-order valence-electron chi connectivity index (χ1n) is 6.11. The van der Waals surface area contributed by atoms with Crippen LogP contribution in [0.5, 0.6) is 0 Å². The van der Waals surface area contributed by atoms with E-state index in [-0.39, 0.29) is 30.7 Å². The van der Waals surface area contributed by atoms with Crippen molar-refractivity contribution in [2.24, 2.45) is 0 Å². The topological polar surface area (TPSA) is 149 Å². The molecule has 0 fully saturated rings. The van der Waals surface area contributed by atoms with Gasteiger partial charge in [-0.05, 0) is 13.5 Å². The Balaban J connectivity index is 2.25. The molecule has 1 aliphatic heterocycles. The predicted molar refractivity (Wildman–Crippen MR) is 71.9 cm³/mol. The average Bonchev–Trinajstić information content (AvgIpc) is 2.77. The second-order valence-electron chi connectivity index (χ2n) is 4.17. The van der Waals surface area contributed by atoms with Gasteiger partial charge in [-0.25, -0.2) is 0 Å². The van der Waals surface area contributed by atoms with Crippen LogP contribution in [0.25, 0.3) is 0 Å². The standard InChI is InChI=1S/C10H18N6O4/c1-12-9-13-5-6(14-8(11)15-7(5)18)16(9)10(19)20-4-2-3-17/h9-10,12-13,17,19H,2-4H2,1H3,(H3,11,14,15,18). The zero-order valence-corrected chi connectivity index (χ0v) is 11.0. The summed E-state index contributed by atoms with van der Waals surface area (Å²) < 4.78 is 5.18. The fourth-order valence-corrected chi connectivity index (χ4v) is 1.90. The highest BCUT2D eigenvalue weighted by Gasteiger charge is 2.36. The molecule has 0 saturated heterocycles. The number of rotatable bonds is 6. The number of aliphatic hydroxyl groups excluding tert-OH is 2. The monoisotopic (exact) mass is 286 g/mol. The largest absolute Gasteiger partial charge is 0.396 e. The van der Waals surface area contributed by atoms with Crippen molar-refractivity contribution in [3.63, 3.8) is 0 Å². The Kier molecular flexibility index (Phi) is 4.39. The minimum Gasteiger partial charge on any atom is -0.396 e. The quantitative estimate of drug-likeness (QED) is 0.252. The van der Waals surface area contributed by atoms with Crippen LogP contribution in [0, 0.1) is 0 Å². The molecule has 10 nitrogen and oxygen atoms in total. The molecule has 2 atom stereocenters. The van der Waals surface area contributed by atoms with E-state index in [2.05, 4.69) is 20.6 Å². The van der Waals surface area contributed by atoms with Gasteiger partial charge < -0.3 is 26.0 Å². The number of anilines is 3. The van der Waals surface area contributed by atoms with Crippen LogP contribution in [-0.2, 0) is 4.74 Å². The van der Waals surface area contributed by atoms with Crippen molar-refractivity contribution in [1.82, 2.24) is 15.3 Å². The van der Waals surface area contributed by atoms with Gasteiger partial charge in [0.05, 0.1) is 6.61 Å². The van der Waals surface area contributed by atoms with E-state index in [1.54, 1.807) is 7.05 Å². The molecule has 1 aromatic rings. The molecule has 112 valence electrons. The Bertz CT molecular complexity index is 521. The summed E-state index contributed by atoms with van der Waals surface area (Å²) >= 11 is 0. The van der Waals surface area contributed by atoms with Crippen molar-refractivity contribution in [2.45, 2.75) is 19.1 Å². The van der Waals surface area contributed by atoms with Crippen LogP contribution in [0.4, 0.5) is 17.5 Å². The average molecular weight is 286 g/mol. The van der Waals surface area contributed by atoms with Gasteiger partial charge >= 0.3 is 0 Å². The SMILES string of the molecule is CNC1Nc2c(nc(N)[nH]c2=O)N1C(O)OCCCO. The second kappa shape index (κ2) is 6.05. The van der Waals surface area contributed by atoms with Gasteiger partial charge in [0, 0.05) is 6.61 Å². The van der Waals surface area contributed by atoms with E-state index in [0.29, 0.717) is 6.42 Å². The third kappa shape index (κ3) is 2.67. The zero-order chi connectivity index (χ0) is 14.7. The van der Waals surface area contributed by atoms with Gasteiger partial charge in [0.2, 0.25) is 12.4 Å². The fraction of sp³-hybridized carbons (Fsp3) is 0.600. The number of aromatic amines is 1. The molecular formula is C10H18N6O4. The van der Waals surface area contributed by atoms with E-state index < -0.39 is 18.3 Å². The Morgan fingerprint density at radius 3 is 3.05 bits per heavy atom. The number of hydrogen-bond acceptors (Lipinski definition) is 9. The lowest BCUT2D eigenvalue weighted by Crippen LogP contribution is -2.51. The molecule has 10 heteroatoms. The molecule has 7 N–H and O–H groups in total. The van der Waals surface area contributed by atoms with Crippen molar-refractivity contribution in [3.8, 4) is 0 Å². The number of hydrogen-bond donors (Lipinski definition) is 6. The maximum atomic E-state index is 11.8. The minimum atomic E-state index is -1.33. The van der Waals surface area contributed by atoms with Gasteiger partial charge in [-0.2, -0.15) is 4.98 Å². The maximum Gasteiger partial charge on any atom is 0.277 e. The number of H-pyrrole nitrogens is 1. The molecule has 2 unspecified atom stereocenters. The molecule has 0 radical (unpaired) electrons. The molecule has 0 aromatic carbocycles. The zero-order valence-electron chi connectivity index (χ0n) is 11.0. The number of nitrogens with zero attached hydrogens (tertiary/aromatic N) is 2. The van der Waals surface area contributed by atoms with Crippen LogP contribution in [0.15, 0.2) is 4.79 Å². The highest BCUT2D eigenvalue weighted by Crippen LogP contribution is 2.30. The number of nitrogens with two attached hydrogens (primary N) is 1. The summed E-state index contributed by atoms with van der Waals surface area (Å²) in [6.45, 7) is 0.125. The molecule has 0 saturated carbocycles. The van der Waals surface area contributed by atoms with Gasteiger partial charge in [0.15, 0.2) is 12.1 Å². The van der Waals surface area contributed by atoms with Crippen LogP contribution in [0.3, 0.4) is 0 Å². The van der Waals surface area contributed by atoms with Crippen molar-refractivity contribution >= 4 is 17.5 Å². The van der Waals surface area contributed by atoms with Crippen LogP contribution in [-0.4, -0.2) is 53.1 Å². The smallest absolute Gasteiger partial charge is 0.277 e. The highest BCUT2D eigenvalue weighted by atomic mass is 16.6. The minimum absolute atomic E-state index is 0.0398. The van der Waals surface area contributed by atoms with Crippen molar-refractivity contribution in [2.75, 3.05) is 36.2 Å². The summed E-state index contributed by atoms with van der Waals surface area (Å²) in [5.74, 6) is 0.141. The van der Waals surface area contributed by atoms with E-state index >= 15 is 0 Å². The van der Waals surface area contributed by atoms with Gasteiger partial charge in [0.1, 0.15) is 5.69 Å². The van der Waals surface area contributed by atoms with Gasteiger partial charge in [-0.15, -0.1) is 0 Å². The summed E-state index contributed by atoms with van der Waals surface area (Å²) in [6.07, 6.45) is -1.51. The number of aliphatic hydroxyl groups is 2. The second-order valence-corrected chi connectivity index (χ2v) is 4.17. The van der Waals surface area contributed by atoms with E-state index in [4.69, 9.17) is 15.6 Å². The number of nitrogen functional groups attached to an aromatic ring is 1. The normalized spacial score (nSPS) is 18.8. The lowest BCUT2D eigenvalue weighted by molar-refractivity contribution is -0.105. The molecule has 0 spiro atoms. The summed E-state index contributed by atoms with van der Waals surface area (Å²) in [6, 6.07) is 0. The number of nitrogens with one attached hydrogen (secondary N) is 3. The molecule has 0 amide bonds.